The lowest BCUT2D eigenvalue weighted by molar-refractivity contribution is -0.0812. The van der Waals surface area contributed by atoms with E-state index in [4.69, 9.17) is 5.26 Å². The molecule has 3 fully saturated rings. The number of hydrogen-bond donors (Lipinski definition) is 1. The van der Waals surface area contributed by atoms with Crippen molar-refractivity contribution < 1.29 is 4.79 Å². The van der Waals surface area contributed by atoms with E-state index < -0.39 is 0 Å². The van der Waals surface area contributed by atoms with Gasteiger partial charge in [0.1, 0.15) is 11.9 Å². The summed E-state index contributed by atoms with van der Waals surface area (Å²) in [4.78, 5) is 28.2. The van der Waals surface area contributed by atoms with Crippen molar-refractivity contribution >= 4 is 11.8 Å². The van der Waals surface area contributed by atoms with E-state index >= 15 is 0 Å². The minimum Gasteiger partial charge on any atom is -0.351 e. The van der Waals surface area contributed by atoms with Crippen LogP contribution in [0.4, 0.5) is 10.6 Å². The van der Waals surface area contributed by atoms with Crippen LogP contribution in [0.5, 0.6) is 0 Å². The molecule has 1 aromatic carbocycles. The van der Waals surface area contributed by atoms with Crippen molar-refractivity contribution in [2.45, 2.75) is 51.4 Å². The largest absolute Gasteiger partial charge is 0.351 e. The molecule has 0 bridgehead atoms. The highest BCUT2D eigenvalue weighted by Gasteiger charge is 2.52. The van der Waals surface area contributed by atoms with Crippen molar-refractivity contribution in [1.29, 1.82) is 5.26 Å². The van der Waals surface area contributed by atoms with Gasteiger partial charge in [-0.15, -0.1) is 0 Å². The Morgan fingerprint density at radius 2 is 1.82 bits per heavy atom. The van der Waals surface area contributed by atoms with Gasteiger partial charge in [-0.3, -0.25) is 4.90 Å². The number of hydrogen-bond acceptors (Lipinski definition) is 6. The molecule has 1 aromatic heterocycles. The number of anilines is 1. The highest BCUT2D eigenvalue weighted by molar-refractivity contribution is 5.76. The fraction of sp³-hybridized carbons (Fsp3) is 0.520. The summed E-state index contributed by atoms with van der Waals surface area (Å²) in [6, 6.07) is 13.1. The molecule has 1 spiro atoms. The van der Waals surface area contributed by atoms with Crippen LogP contribution in [0.3, 0.4) is 0 Å². The third-order valence-corrected chi connectivity index (χ3v) is 7.28. The van der Waals surface area contributed by atoms with Gasteiger partial charge in [0.2, 0.25) is 0 Å². The molecule has 2 aliphatic heterocycles. The summed E-state index contributed by atoms with van der Waals surface area (Å²) in [5, 5.41) is 12.2. The highest BCUT2D eigenvalue weighted by atomic mass is 16.2. The molecular formula is C25H31N7O. The molecule has 2 aromatic rings. The maximum atomic E-state index is 13.1. The van der Waals surface area contributed by atoms with Gasteiger partial charge < -0.3 is 15.1 Å². The predicted molar refractivity (Wildman–Crippen MR) is 125 cm³/mol. The summed E-state index contributed by atoms with van der Waals surface area (Å²) in [5.41, 5.74) is 2.08. The van der Waals surface area contributed by atoms with E-state index in [9.17, 15) is 4.79 Å². The second-order valence-electron chi connectivity index (χ2n) is 10.1. The second kappa shape index (κ2) is 8.64. The SMILES string of the molecule is C[C@@H]1CN(c2cnc(C#N)cn2)C[C@@H](C)N1C(=O)NC1CC2(C1)CN(Cc1ccccc1)C2. The standard InChI is InChI=1S/C25H31N7O/c1-18-13-31(23-12-27-22(10-26)11-28-23)14-19(2)32(18)24(33)29-21-8-25(9-21)16-30(17-25)15-20-6-4-3-5-7-20/h3-7,11-12,18-19,21H,8-9,13-17H2,1-2H3,(H,29,33)/t18-,19-/m1/s1. The normalized spacial score (nSPS) is 24.6. The Kier molecular flexibility index (Phi) is 5.67. The van der Waals surface area contributed by atoms with Gasteiger partial charge in [-0.25, -0.2) is 14.8 Å². The summed E-state index contributed by atoms with van der Waals surface area (Å²) in [7, 11) is 0. The lowest BCUT2D eigenvalue weighted by Crippen LogP contribution is -2.68. The highest BCUT2D eigenvalue weighted by Crippen LogP contribution is 2.48. The number of aromatic nitrogens is 2. The lowest BCUT2D eigenvalue weighted by atomic mass is 9.60. The van der Waals surface area contributed by atoms with Crippen LogP contribution in [0, 0.1) is 16.7 Å². The average molecular weight is 446 g/mol. The van der Waals surface area contributed by atoms with Crippen molar-refractivity contribution in [2.75, 3.05) is 31.1 Å². The molecular weight excluding hydrogens is 414 g/mol. The van der Waals surface area contributed by atoms with Gasteiger partial charge in [-0.05, 0) is 37.7 Å². The molecule has 2 amide bonds. The minimum atomic E-state index is 0.0425. The zero-order chi connectivity index (χ0) is 23.0. The number of amides is 2. The van der Waals surface area contributed by atoms with Crippen molar-refractivity contribution in [2.24, 2.45) is 5.41 Å². The van der Waals surface area contributed by atoms with E-state index in [2.05, 4.69) is 69.3 Å². The van der Waals surface area contributed by atoms with Crippen molar-refractivity contribution in [3.05, 3.63) is 54.0 Å². The fourth-order valence-corrected chi connectivity index (χ4v) is 5.90. The number of rotatable bonds is 4. The molecule has 33 heavy (non-hydrogen) atoms. The molecule has 0 radical (unpaired) electrons. The first kappa shape index (κ1) is 21.7. The van der Waals surface area contributed by atoms with Crippen LogP contribution in [0.25, 0.3) is 0 Å². The first-order chi connectivity index (χ1) is 15.9. The number of urea groups is 1. The molecule has 3 aliphatic rings. The van der Waals surface area contributed by atoms with Crippen LogP contribution in [0.15, 0.2) is 42.7 Å². The van der Waals surface area contributed by atoms with Crippen LogP contribution in [0.1, 0.15) is 37.9 Å². The fourth-order valence-electron chi connectivity index (χ4n) is 5.90. The summed E-state index contributed by atoms with van der Waals surface area (Å²) in [5.74, 6) is 0.749. The molecule has 2 atom stereocenters. The first-order valence-corrected chi connectivity index (χ1v) is 11.8. The Bertz CT molecular complexity index is 1010. The minimum absolute atomic E-state index is 0.0425. The summed E-state index contributed by atoms with van der Waals surface area (Å²) < 4.78 is 0. The van der Waals surface area contributed by atoms with E-state index in [1.54, 1.807) is 6.20 Å². The van der Waals surface area contributed by atoms with E-state index in [0.29, 0.717) is 24.2 Å². The monoisotopic (exact) mass is 445 g/mol. The quantitative estimate of drug-likeness (QED) is 0.778. The van der Waals surface area contributed by atoms with Crippen LogP contribution in [0.2, 0.25) is 0 Å². The summed E-state index contributed by atoms with van der Waals surface area (Å²) in [6.07, 6.45) is 5.29. The second-order valence-corrected chi connectivity index (χ2v) is 10.1. The maximum absolute atomic E-state index is 13.1. The number of nitriles is 1. The Morgan fingerprint density at radius 3 is 2.42 bits per heavy atom. The number of carbonyl (C=O) groups excluding carboxylic acids is 1. The maximum Gasteiger partial charge on any atom is 0.318 e. The number of piperazine rings is 1. The third-order valence-electron chi connectivity index (χ3n) is 7.28. The van der Waals surface area contributed by atoms with Gasteiger partial charge in [0, 0.05) is 50.8 Å². The van der Waals surface area contributed by atoms with Crippen molar-refractivity contribution in [3.63, 3.8) is 0 Å². The molecule has 0 unspecified atom stereocenters. The van der Waals surface area contributed by atoms with Gasteiger partial charge in [-0.1, -0.05) is 30.3 Å². The number of benzene rings is 1. The van der Waals surface area contributed by atoms with Gasteiger partial charge >= 0.3 is 6.03 Å². The molecule has 1 saturated carbocycles. The van der Waals surface area contributed by atoms with Crippen LogP contribution < -0.4 is 10.2 Å². The Labute approximate surface area is 195 Å². The lowest BCUT2D eigenvalue weighted by Gasteiger charge is -2.59. The van der Waals surface area contributed by atoms with Crippen molar-refractivity contribution in [3.8, 4) is 6.07 Å². The van der Waals surface area contributed by atoms with Gasteiger partial charge in [-0.2, -0.15) is 5.26 Å². The number of nitrogens with zero attached hydrogens (tertiary/aromatic N) is 6. The number of likely N-dealkylation sites (tertiary alicyclic amines) is 1. The zero-order valence-electron chi connectivity index (χ0n) is 19.3. The molecule has 1 aliphatic carbocycles. The van der Waals surface area contributed by atoms with Crippen LogP contribution in [-0.4, -0.2) is 70.1 Å². The summed E-state index contributed by atoms with van der Waals surface area (Å²) >= 11 is 0. The van der Waals surface area contributed by atoms with Crippen LogP contribution in [-0.2, 0) is 6.54 Å². The van der Waals surface area contributed by atoms with Gasteiger partial charge in [0.15, 0.2) is 5.69 Å². The predicted octanol–water partition coefficient (Wildman–Crippen LogP) is 2.62. The molecule has 1 N–H and O–H groups in total. The third kappa shape index (κ3) is 4.38. The Hall–Kier alpha value is -3.18. The molecule has 172 valence electrons. The molecule has 5 rings (SSSR count). The van der Waals surface area contributed by atoms with Crippen molar-refractivity contribution in [1.82, 2.24) is 25.1 Å². The Balaban J connectivity index is 1.09. The zero-order valence-corrected chi connectivity index (χ0v) is 19.3. The number of nitrogens with one attached hydrogen (secondary N) is 1. The number of carbonyl (C=O) groups is 1. The smallest absolute Gasteiger partial charge is 0.318 e. The van der Waals surface area contributed by atoms with Gasteiger partial charge in [0.05, 0.1) is 12.4 Å². The van der Waals surface area contributed by atoms with E-state index in [0.717, 1.165) is 38.3 Å². The van der Waals surface area contributed by atoms with Crippen LogP contribution >= 0.6 is 0 Å². The van der Waals surface area contributed by atoms with E-state index in [-0.39, 0.29) is 24.2 Å². The topological polar surface area (TPSA) is 88.4 Å². The van der Waals surface area contributed by atoms with E-state index in [1.807, 2.05) is 11.0 Å². The molecule has 2 saturated heterocycles. The molecule has 3 heterocycles. The Morgan fingerprint density at radius 1 is 1.12 bits per heavy atom. The molecule has 8 nitrogen and oxygen atoms in total. The molecule has 8 heteroatoms. The van der Waals surface area contributed by atoms with Gasteiger partial charge in [0.25, 0.3) is 0 Å². The first-order valence-electron chi connectivity index (χ1n) is 11.8. The average Bonchev–Trinajstić information content (AvgIpc) is 2.76. The van der Waals surface area contributed by atoms with E-state index in [1.165, 1.54) is 11.8 Å². The summed E-state index contributed by atoms with van der Waals surface area (Å²) in [6.45, 7) is 8.83.